The van der Waals surface area contributed by atoms with Gasteiger partial charge in [-0.05, 0) is 80.3 Å². The summed E-state index contributed by atoms with van der Waals surface area (Å²) in [6, 6.07) is 46.0. The first kappa shape index (κ1) is 39.7. The maximum atomic E-state index is 8.23. The molecule has 0 atom stereocenters. The summed E-state index contributed by atoms with van der Waals surface area (Å²) in [5.74, 6) is 0.534. The minimum Gasteiger partial charge on any atom is -0.501 e. The zero-order valence-corrected chi connectivity index (χ0v) is 40.3. The first-order chi connectivity index (χ1) is 28.8. The Bertz CT molecular complexity index is 2780. The van der Waals surface area contributed by atoms with Gasteiger partial charge in [-0.2, -0.15) is 0 Å². The van der Waals surface area contributed by atoms with Crippen molar-refractivity contribution in [3.63, 3.8) is 0 Å². The molecule has 0 aliphatic carbocycles. The first-order valence-electron chi connectivity index (χ1n) is 21.9. The van der Waals surface area contributed by atoms with Crippen LogP contribution in [0.1, 0.15) is 60.3 Å². The van der Waals surface area contributed by atoms with Crippen LogP contribution >= 0.6 is 0 Å². The second-order valence-corrected chi connectivity index (χ2v) is 28.1. The molecular formula is C53H56IrN2OSi2-2. The Morgan fingerprint density at radius 1 is 0.610 bits per heavy atom. The maximum Gasteiger partial charge on any atom is 0.121 e. The van der Waals surface area contributed by atoms with Gasteiger partial charge in [-0.25, -0.2) is 0 Å². The topological polar surface area (TPSA) is 38.9 Å². The van der Waals surface area contributed by atoms with Crippen molar-refractivity contribution in [1.82, 2.24) is 9.97 Å². The molecule has 3 heterocycles. The van der Waals surface area contributed by atoms with Gasteiger partial charge >= 0.3 is 0 Å². The molecular weight excluding hydrogens is 929 g/mol. The van der Waals surface area contributed by atoms with Crippen molar-refractivity contribution in [1.29, 1.82) is 0 Å². The van der Waals surface area contributed by atoms with E-state index < -0.39 is 23.0 Å². The van der Waals surface area contributed by atoms with Crippen molar-refractivity contribution in [2.75, 3.05) is 0 Å². The Morgan fingerprint density at radius 3 is 1.88 bits per heavy atom. The minimum absolute atomic E-state index is 0. The number of benzene rings is 5. The SMILES string of the molecule is C[Si](C)(C)c1ccc(-c2[c-]ccc3c2oc2cc(-c4ccccc4)ccc23)nc1.[2H]C([2H])([2H])c1cnc(-c2[c-]cccc2)cc1-c1c(C(C)C)cc([Si](C)(C)C)cc1C(C)C.[Ir]. The number of pyridine rings is 2. The maximum absolute atomic E-state index is 8.23. The molecule has 303 valence electrons. The van der Waals surface area contributed by atoms with Gasteiger partial charge in [0.05, 0.1) is 21.7 Å². The Morgan fingerprint density at radius 2 is 1.29 bits per heavy atom. The Kier molecular flexibility index (Phi) is 12.0. The van der Waals surface area contributed by atoms with Crippen molar-refractivity contribution < 1.29 is 28.6 Å². The zero-order valence-electron chi connectivity index (χ0n) is 38.9. The largest absolute Gasteiger partial charge is 0.501 e. The van der Waals surface area contributed by atoms with Crippen LogP contribution in [0.15, 0.2) is 132 Å². The fourth-order valence-corrected chi connectivity index (χ4v) is 9.64. The molecule has 0 aliphatic rings. The minimum atomic E-state index is -2.25. The van der Waals surface area contributed by atoms with Gasteiger partial charge < -0.3 is 14.4 Å². The van der Waals surface area contributed by atoms with Gasteiger partial charge in [0, 0.05) is 42.0 Å². The second-order valence-electron chi connectivity index (χ2n) is 17.9. The van der Waals surface area contributed by atoms with Gasteiger partial charge in [0.25, 0.3) is 0 Å². The number of aromatic nitrogens is 2. The molecule has 8 aromatic rings. The van der Waals surface area contributed by atoms with E-state index in [9.17, 15) is 0 Å². The molecule has 6 heteroatoms. The molecule has 0 amide bonds. The van der Waals surface area contributed by atoms with Crippen LogP contribution in [-0.2, 0) is 20.1 Å². The van der Waals surface area contributed by atoms with Gasteiger partial charge in [-0.15, -0.1) is 54.1 Å². The van der Waals surface area contributed by atoms with Crippen LogP contribution < -0.4 is 10.4 Å². The number of furan rings is 1. The molecule has 8 rings (SSSR count). The average Bonchev–Trinajstić information content (AvgIpc) is 3.61. The number of fused-ring (bicyclic) bond motifs is 3. The third kappa shape index (κ3) is 9.53. The van der Waals surface area contributed by atoms with Crippen LogP contribution in [-0.4, -0.2) is 26.1 Å². The van der Waals surface area contributed by atoms with Crippen molar-refractivity contribution in [2.45, 2.75) is 85.7 Å². The summed E-state index contributed by atoms with van der Waals surface area (Å²) < 4.78 is 31.0. The summed E-state index contributed by atoms with van der Waals surface area (Å²) in [6.07, 6.45) is 3.56. The summed E-state index contributed by atoms with van der Waals surface area (Å²) in [4.78, 5) is 9.27. The number of aryl methyl sites for hydroxylation is 1. The van der Waals surface area contributed by atoms with E-state index in [0.29, 0.717) is 5.56 Å². The van der Waals surface area contributed by atoms with E-state index in [4.69, 9.17) is 13.5 Å². The van der Waals surface area contributed by atoms with Gasteiger partial charge in [-0.1, -0.05) is 156 Å². The molecule has 0 N–H and O–H groups in total. The van der Waals surface area contributed by atoms with Gasteiger partial charge in [0.2, 0.25) is 0 Å². The molecule has 3 aromatic heterocycles. The second kappa shape index (κ2) is 17.9. The van der Waals surface area contributed by atoms with E-state index in [-0.39, 0.29) is 31.9 Å². The van der Waals surface area contributed by atoms with Gasteiger partial charge in [0.1, 0.15) is 5.58 Å². The molecule has 3 nitrogen and oxygen atoms in total. The van der Waals surface area contributed by atoms with Crippen molar-refractivity contribution >= 4 is 48.5 Å². The van der Waals surface area contributed by atoms with Crippen molar-refractivity contribution in [2.24, 2.45) is 0 Å². The molecule has 1 radical (unpaired) electrons. The molecule has 0 aliphatic heterocycles. The number of nitrogens with zero attached hydrogens (tertiary/aromatic N) is 2. The van der Waals surface area contributed by atoms with E-state index in [1.165, 1.54) is 27.1 Å². The van der Waals surface area contributed by atoms with Crippen LogP contribution in [0.4, 0.5) is 0 Å². The fourth-order valence-electron chi connectivity index (χ4n) is 7.43. The molecule has 0 spiro atoms. The summed E-state index contributed by atoms with van der Waals surface area (Å²) in [7, 11) is -2.93. The summed E-state index contributed by atoms with van der Waals surface area (Å²) >= 11 is 0. The smallest absolute Gasteiger partial charge is 0.121 e. The third-order valence-corrected chi connectivity index (χ3v) is 14.9. The standard InChI is InChI=1S/C27H34NSi.C26H22NOSi.Ir/c1-18(2)23-14-22(29(6,7)8)15-24(19(3)4)27(23)25-16-26(28-17-20(25)5)21-12-10-9-11-13-21;1-29(2,3)20-13-15-24(27-17-20)23-11-7-10-22-21-14-12-19(16-25(21)28-26(22)23)18-8-5-4-6-9-18;/h9-12,14-19H,1-8H3;4-10,12-17H,1-3H3;/q2*-1;/i5D3;;. The molecule has 0 unspecified atom stereocenters. The van der Waals surface area contributed by atoms with Gasteiger partial charge in [0.15, 0.2) is 0 Å². The monoisotopic (exact) mass is 988 g/mol. The molecule has 0 bridgehead atoms. The van der Waals surface area contributed by atoms with E-state index in [0.717, 1.165) is 61.1 Å². The van der Waals surface area contributed by atoms with E-state index >= 15 is 0 Å². The van der Waals surface area contributed by atoms with E-state index in [1.807, 2.05) is 48.7 Å². The predicted molar refractivity (Wildman–Crippen MR) is 254 cm³/mol. The average molecular weight is 988 g/mol. The molecule has 0 fully saturated rings. The summed E-state index contributed by atoms with van der Waals surface area (Å²) in [6.45, 7) is 20.6. The number of rotatable bonds is 8. The zero-order chi connectivity index (χ0) is 43.9. The van der Waals surface area contributed by atoms with Crippen LogP contribution in [0.3, 0.4) is 0 Å². The van der Waals surface area contributed by atoms with Crippen LogP contribution in [0.25, 0.3) is 66.7 Å². The number of hydrogen-bond donors (Lipinski definition) is 0. The van der Waals surface area contributed by atoms with Gasteiger partial charge in [-0.3, -0.25) is 0 Å². The molecule has 0 saturated carbocycles. The first-order valence-corrected chi connectivity index (χ1v) is 27.4. The quantitative estimate of drug-likeness (QED) is 0.112. The van der Waals surface area contributed by atoms with Crippen molar-refractivity contribution in [3.8, 4) is 44.8 Å². The number of hydrogen-bond acceptors (Lipinski definition) is 3. The van der Waals surface area contributed by atoms with E-state index in [2.05, 4.69) is 157 Å². The normalized spacial score (nSPS) is 12.8. The Balaban J connectivity index is 0.000000204. The van der Waals surface area contributed by atoms with E-state index in [1.54, 1.807) is 6.20 Å². The van der Waals surface area contributed by atoms with Crippen LogP contribution in [0.5, 0.6) is 0 Å². The third-order valence-electron chi connectivity index (χ3n) is 10.9. The molecule has 5 aromatic carbocycles. The van der Waals surface area contributed by atoms with Crippen LogP contribution in [0.2, 0.25) is 39.3 Å². The predicted octanol–water partition coefficient (Wildman–Crippen LogP) is 14.0. The Labute approximate surface area is 372 Å². The Hall–Kier alpha value is -4.72. The fraction of sp³-hybridized carbons (Fsp3) is 0.245. The van der Waals surface area contributed by atoms with Crippen molar-refractivity contribution in [3.05, 3.63) is 156 Å². The molecule has 59 heavy (non-hydrogen) atoms. The van der Waals surface area contributed by atoms with Crippen LogP contribution in [0, 0.1) is 19.0 Å². The summed E-state index contributed by atoms with van der Waals surface area (Å²) in [5, 5.41) is 4.98. The summed E-state index contributed by atoms with van der Waals surface area (Å²) in [5.41, 5.74) is 12.1. The molecule has 0 saturated heterocycles.